The van der Waals surface area contributed by atoms with Crippen molar-refractivity contribution in [1.29, 1.82) is 0 Å². The van der Waals surface area contributed by atoms with Gasteiger partial charge in [0.05, 0.1) is 64.9 Å². The fraction of sp³-hybridized carbons (Fsp3) is 0.405. The largest absolute Gasteiger partial charge is 0.382 e. The molecular weight excluding hydrogens is 916 g/mol. The van der Waals surface area contributed by atoms with Crippen LogP contribution in [0.25, 0.3) is 22.2 Å². The quantitative estimate of drug-likeness (QED) is 0.0729. The zero-order valence-electron chi connectivity index (χ0n) is 34.3. The van der Waals surface area contributed by atoms with Crippen LogP contribution in [0.15, 0.2) is 68.9 Å². The van der Waals surface area contributed by atoms with Crippen LogP contribution in [-0.4, -0.2) is 97.3 Å². The third-order valence-electron chi connectivity index (χ3n) is 12.2. The molecule has 0 spiro atoms. The maximum atomic E-state index is 16.0. The first-order valence-electron chi connectivity index (χ1n) is 20.1. The fourth-order valence-electron chi connectivity index (χ4n) is 9.32. The van der Waals surface area contributed by atoms with Gasteiger partial charge in [-0.2, -0.15) is 5.10 Å². The molecule has 3 aromatic carbocycles. The third-order valence-corrected chi connectivity index (χ3v) is 13.0. The van der Waals surface area contributed by atoms with Crippen LogP contribution in [-0.2, 0) is 26.0 Å². The molecule has 1 aromatic heterocycles. The smallest absolute Gasteiger partial charge is 0.278 e. The van der Waals surface area contributed by atoms with Gasteiger partial charge in [-0.15, -0.1) is 4.40 Å². The molecule has 2 unspecified atom stereocenters. The molecular formula is C42H39ClF8N8O5S. The second-order valence-electron chi connectivity index (χ2n) is 16.4. The van der Waals surface area contributed by atoms with Gasteiger partial charge in [0.15, 0.2) is 0 Å². The number of benzene rings is 3. The Morgan fingerprint density at radius 2 is 1.82 bits per heavy atom. The first kappa shape index (κ1) is 45.9. The summed E-state index contributed by atoms with van der Waals surface area (Å²) in [5, 5.41) is 9.13. The number of hydrogen-bond acceptors (Lipinski definition) is 9. The highest BCUT2D eigenvalue weighted by Crippen LogP contribution is 2.70. The molecule has 4 aromatic rings. The minimum Gasteiger partial charge on any atom is -0.382 e. The zero-order valence-corrected chi connectivity index (χ0v) is 35.8. The van der Waals surface area contributed by atoms with Crippen molar-refractivity contribution in [3.8, 4) is 5.69 Å². The second-order valence-corrected chi connectivity index (χ2v) is 18.5. The summed E-state index contributed by atoms with van der Waals surface area (Å²) in [6.45, 7) is -0.422. The van der Waals surface area contributed by atoms with Crippen LogP contribution in [0.5, 0.6) is 0 Å². The van der Waals surface area contributed by atoms with E-state index in [-0.39, 0.29) is 40.2 Å². The molecule has 65 heavy (non-hydrogen) atoms. The molecule has 2 saturated carbocycles. The van der Waals surface area contributed by atoms with Crippen molar-refractivity contribution >= 4 is 61.2 Å². The average molecular weight is 955 g/mol. The fourth-order valence-corrected chi connectivity index (χ4v) is 10.0. The predicted octanol–water partition coefficient (Wildman–Crippen LogP) is 6.46. The summed E-state index contributed by atoms with van der Waals surface area (Å²) in [7, 11) is -4.25. The van der Waals surface area contributed by atoms with Crippen LogP contribution in [0.1, 0.15) is 48.3 Å². The average Bonchev–Trinajstić information content (AvgIpc) is 3.92. The van der Waals surface area contributed by atoms with E-state index in [1.165, 1.54) is 12.1 Å². The molecule has 2 aliphatic carbocycles. The van der Waals surface area contributed by atoms with E-state index in [0.717, 1.165) is 35.3 Å². The number of hydrogen-bond donors (Lipinski definition) is 3. The summed E-state index contributed by atoms with van der Waals surface area (Å²) in [4.78, 5) is 34.1. The number of nitrogens with zero attached hydrogens (tertiary/aromatic N) is 5. The lowest BCUT2D eigenvalue weighted by Gasteiger charge is -2.41. The number of carbonyl (C=O) groups is 1. The number of halogens is 9. The number of amides is 1. The lowest BCUT2D eigenvalue weighted by molar-refractivity contribution is -0.145. The number of ether oxygens (including phenoxy) is 1. The van der Waals surface area contributed by atoms with Crippen LogP contribution in [0.4, 0.5) is 40.8 Å². The Morgan fingerprint density at radius 1 is 1.09 bits per heavy atom. The molecule has 346 valence electrons. The van der Waals surface area contributed by atoms with E-state index in [2.05, 4.69) is 20.1 Å². The summed E-state index contributed by atoms with van der Waals surface area (Å²) in [5.41, 5.74) is 2.17. The number of amidine groups is 1. The van der Waals surface area contributed by atoms with Crippen LogP contribution < -0.4 is 21.9 Å². The Bertz CT molecular complexity index is 2860. The van der Waals surface area contributed by atoms with Gasteiger partial charge >= 0.3 is 0 Å². The molecule has 1 amide bonds. The number of anilines is 1. The van der Waals surface area contributed by atoms with Gasteiger partial charge in [0.1, 0.15) is 41.1 Å². The molecule has 2 fully saturated rings. The van der Waals surface area contributed by atoms with Gasteiger partial charge in [0.2, 0.25) is 5.91 Å². The molecule has 13 nitrogen and oxygen atoms in total. The molecule has 5 atom stereocenters. The van der Waals surface area contributed by atoms with Crippen LogP contribution >= 0.6 is 11.6 Å². The van der Waals surface area contributed by atoms with E-state index >= 15 is 13.6 Å². The number of hydrazone groups is 1. The lowest BCUT2D eigenvalue weighted by Crippen LogP contribution is -2.59. The molecule has 0 radical (unpaired) electrons. The highest BCUT2D eigenvalue weighted by atomic mass is 35.5. The number of carbonyl (C=O) groups excluding carboxylic acids is 1. The van der Waals surface area contributed by atoms with Gasteiger partial charge in [0, 0.05) is 24.3 Å². The summed E-state index contributed by atoms with van der Waals surface area (Å²) in [6.07, 6.45) is -3.86. The van der Waals surface area contributed by atoms with Crippen LogP contribution in [0, 0.1) is 29.4 Å². The summed E-state index contributed by atoms with van der Waals surface area (Å²) < 4.78 is 152. The van der Waals surface area contributed by atoms with Crippen molar-refractivity contribution in [2.24, 2.45) is 33.0 Å². The Balaban J connectivity index is 1.34. The van der Waals surface area contributed by atoms with E-state index in [9.17, 15) is 39.6 Å². The summed E-state index contributed by atoms with van der Waals surface area (Å²) in [6, 6.07) is 7.67. The number of alkyl halides is 6. The molecule has 23 heteroatoms. The van der Waals surface area contributed by atoms with E-state index in [1.807, 2.05) is 6.08 Å². The van der Waals surface area contributed by atoms with Gasteiger partial charge in [-0.3, -0.25) is 19.2 Å². The molecule has 0 saturated heterocycles. The minimum atomic E-state index is -4.25. The SMILES string of the molecule is CC12C(C(C(F)F)=NN1CC(=O)N[C@@H](Cc1cc(F)cc(F)c1)c1nc3cc(C4=CCOCC4)ccc3c(=O)n1-c1ccc(Cl)c(C(N)=NS(C)(=O)=O)c1NCC(F)F)[C@@H]1C[C@@H]1C2(F)F. The van der Waals surface area contributed by atoms with E-state index < -0.39 is 129 Å². The summed E-state index contributed by atoms with van der Waals surface area (Å²) >= 11 is 6.51. The second kappa shape index (κ2) is 17.0. The van der Waals surface area contributed by atoms with Gasteiger partial charge in [-0.1, -0.05) is 23.7 Å². The van der Waals surface area contributed by atoms with E-state index in [0.29, 0.717) is 35.9 Å². The Morgan fingerprint density at radius 3 is 2.46 bits per heavy atom. The topological polar surface area (TPSA) is 173 Å². The van der Waals surface area contributed by atoms with Gasteiger partial charge in [-0.25, -0.2) is 48.5 Å². The molecule has 2 aliphatic heterocycles. The molecule has 8 rings (SSSR count). The van der Waals surface area contributed by atoms with Crippen molar-refractivity contribution < 1.29 is 53.1 Å². The van der Waals surface area contributed by atoms with Gasteiger partial charge in [0.25, 0.3) is 34.4 Å². The summed E-state index contributed by atoms with van der Waals surface area (Å²) in [5.74, 6) is -11.3. The maximum absolute atomic E-state index is 16.0. The number of sulfonamides is 1. The van der Waals surface area contributed by atoms with Crippen molar-refractivity contribution in [3.63, 3.8) is 0 Å². The molecule has 0 bridgehead atoms. The molecule has 3 heterocycles. The zero-order chi connectivity index (χ0) is 46.9. The molecule has 4 N–H and O–H groups in total. The van der Waals surface area contributed by atoms with Crippen LogP contribution in [0.3, 0.4) is 0 Å². The lowest BCUT2D eigenvalue weighted by atomic mass is 9.80. The van der Waals surface area contributed by atoms with E-state index in [4.69, 9.17) is 27.1 Å². The number of nitrogens with two attached hydrogens (primary N) is 1. The highest BCUT2D eigenvalue weighted by molar-refractivity contribution is 7.89. The van der Waals surface area contributed by atoms with Crippen molar-refractivity contribution in [2.75, 3.05) is 37.9 Å². The Hall–Kier alpha value is -5.61. The van der Waals surface area contributed by atoms with Crippen molar-refractivity contribution in [1.82, 2.24) is 19.9 Å². The molecule has 4 aliphatic rings. The van der Waals surface area contributed by atoms with Gasteiger partial charge < -0.3 is 21.1 Å². The number of nitrogens with one attached hydrogen (secondary N) is 2. The monoisotopic (exact) mass is 954 g/mol. The first-order valence-corrected chi connectivity index (χ1v) is 22.3. The first-order chi connectivity index (χ1) is 30.6. The maximum Gasteiger partial charge on any atom is 0.278 e. The Labute approximate surface area is 370 Å². The third kappa shape index (κ3) is 8.55. The number of aromatic nitrogens is 2. The Kier molecular flexibility index (Phi) is 12.0. The highest BCUT2D eigenvalue weighted by Gasteiger charge is 2.81. The number of fused-ring (bicyclic) bond motifs is 4. The van der Waals surface area contributed by atoms with Crippen molar-refractivity contribution in [3.05, 3.63) is 104 Å². The minimum absolute atomic E-state index is 0.00439. The normalized spacial score (nSPS) is 23.1. The number of rotatable bonds is 14. The van der Waals surface area contributed by atoms with Crippen molar-refractivity contribution in [2.45, 2.75) is 56.5 Å². The van der Waals surface area contributed by atoms with Crippen LogP contribution in [0.2, 0.25) is 5.02 Å². The standard InChI is InChI=1S/C42H39ClF8N8O5S/c1-41-34(25-16-26(25)42(41,50)51)36(37(48)49)56-58(41)18-32(60)54-29(13-19-11-22(44)15-23(45)12-19)39-55-28-14-21(20-7-9-64-10-8-20)3-4-24(28)40(61)59(39)30-6-5-27(43)33(35(30)53-17-31(46)47)38(52)57-65(2,62)63/h3-7,11-12,14-15,25-26,29,31,34,37,53H,8-10,13,16-18H2,1-2H3,(H2,52,57)(H,54,60)/t25-,26+,29+,34?,41?/m1/s1. The van der Waals surface area contributed by atoms with Gasteiger partial charge in [-0.05, 0) is 78.8 Å². The predicted molar refractivity (Wildman–Crippen MR) is 225 cm³/mol. The van der Waals surface area contributed by atoms with E-state index in [1.54, 1.807) is 12.1 Å².